The minimum Gasteiger partial charge on any atom is -0.371 e. The van der Waals surface area contributed by atoms with Crippen LogP contribution in [0.3, 0.4) is 0 Å². The average Bonchev–Trinajstić information content (AvgIpc) is 2.30. The van der Waals surface area contributed by atoms with Crippen molar-refractivity contribution in [2.24, 2.45) is 11.7 Å². The van der Waals surface area contributed by atoms with Crippen LogP contribution < -0.4 is 10.6 Å². The number of benzene rings is 1. The Labute approximate surface area is 103 Å². The molecule has 1 fully saturated rings. The van der Waals surface area contributed by atoms with Crippen LogP contribution >= 0.6 is 0 Å². The molecule has 0 radical (unpaired) electrons. The summed E-state index contributed by atoms with van der Waals surface area (Å²) in [5, 5.41) is 0. The lowest BCUT2D eigenvalue weighted by molar-refractivity contribution is 0.248. The molecule has 0 aromatic heterocycles. The molecule has 1 aromatic carbocycles. The first-order chi connectivity index (χ1) is 8.01. The molecule has 2 nitrogen and oxygen atoms in total. The molecule has 0 amide bonds. The number of rotatable bonds is 2. The molecular weight excluding hydrogens is 215 g/mol. The van der Waals surface area contributed by atoms with Crippen molar-refractivity contribution in [2.45, 2.75) is 32.2 Å². The van der Waals surface area contributed by atoms with Crippen molar-refractivity contribution in [1.82, 2.24) is 0 Å². The van der Waals surface area contributed by atoms with E-state index in [0.717, 1.165) is 31.6 Å². The highest BCUT2D eigenvalue weighted by atomic mass is 19.1. The van der Waals surface area contributed by atoms with Crippen molar-refractivity contribution < 1.29 is 4.39 Å². The summed E-state index contributed by atoms with van der Waals surface area (Å²) in [5.74, 6) is 0.327. The van der Waals surface area contributed by atoms with Gasteiger partial charge in [-0.25, -0.2) is 4.39 Å². The van der Waals surface area contributed by atoms with E-state index in [0.29, 0.717) is 5.92 Å². The lowest BCUT2D eigenvalue weighted by Crippen LogP contribution is -2.53. The van der Waals surface area contributed by atoms with Gasteiger partial charge in [0.2, 0.25) is 0 Å². The van der Waals surface area contributed by atoms with Crippen molar-refractivity contribution >= 4 is 5.69 Å². The zero-order valence-corrected chi connectivity index (χ0v) is 10.6. The number of halogens is 1. The molecule has 2 rings (SSSR count). The first-order valence-corrected chi connectivity index (χ1v) is 6.31. The van der Waals surface area contributed by atoms with Crippen molar-refractivity contribution in [3.63, 3.8) is 0 Å². The SMILES string of the molecule is CC(C)C1(N)CCN(c2cccc(F)c2)CC1. The highest BCUT2D eigenvalue weighted by molar-refractivity contribution is 5.47. The van der Waals surface area contributed by atoms with E-state index in [9.17, 15) is 4.39 Å². The molecule has 2 N–H and O–H groups in total. The van der Waals surface area contributed by atoms with E-state index >= 15 is 0 Å². The Morgan fingerprint density at radius 2 is 1.94 bits per heavy atom. The van der Waals surface area contributed by atoms with E-state index in [1.165, 1.54) is 6.07 Å². The van der Waals surface area contributed by atoms with Gasteiger partial charge in [-0.2, -0.15) is 0 Å². The third kappa shape index (κ3) is 2.60. The van der Waals surface area contributed by atoms with Crippen molar-refractivity contribution in [1.29, 1.82) is 0 Å². The largest absolute Gasteiger partial charge is 0.371 e. The molecule has 0 unspecified atom stereocenters. The van der Waals surface area contributed by atoms with Crippen LogP contribution in [-0.4, -0.2) is 18.6 Å². The number of nitrogens with zero attached hydrogens (tertiary/aromatic N) is 1. The zero-order chi connectivity index (χ0) is 12.5. The van der Waals surface area contributed by atoms with Crippen molar-refractivity contribution in [2.75, 3.05) is 18.0 Å². The fourth-order valence-corrected chi connectivity index (χ4v) is 2.43. The maximum absolute atomic E-state index is 13.2. The van der Waals surface area contributed by atoms with Crippen LogP contribution in [0.4, 0.5) is 10.1 Å². The number of piperidine rings is 1. The van der Waals surface area contributed by atoms with Crippen LogP contribution in [-0.2, 0) is 0 Å². The Morgan fingerprint density at radius 1 is 1.29 bits per heavy atom. The molecule has 0 spiro atoms. The molecule has 0 bridgehead atoms. The Bertz CT molecular complexity index is 382. The lowest BCUT2D eigenvalue weighted by atomic mass is 9.79. The third-order valence-corrected chi connectivity index (χ3v) is 4.02. The van der Waals surface area contributed by atoms with Crippen molar-refractivity contribution in [3.8, 4) is 0 Å². The van der Waals surface area contributed by atoms with E-state index in [1.807, 2.05) is 6.07 Å². The first-order valence-electron chi connectivity index (χ1n) is 6.31. The smallest absolute Gasteiger partial charge is 0.125 e. The number of anilines is 1. The van der Waals surface area contributed by atoms with E-state index < -0.39 is 0 Å². The van der Waals surface area contributed by atoms with Gasteiger partial charge >= 0.3 is 0 Å². The molecular formula is C14H21FN2. The van der Waals surface area contributed by atoms with Crippen LogP contribution in [0.2, 0.25) is 0 Å². The number of nitrogens with two attached hydrogens (primary N) is 1. The Kier molecular flexibility index (Phi) is 3.38. The summed E-state index contributed by atoms with van der Waals surface area (Å²) in [7, 11) is 0. The Hall–Kier alpha value is -1.09. The Morgan fingerprint density at radius 3 is 2.47 bits per heavy atom. The Balaban J connectivity index is 2.04. The van der Waals surface area contributed by atoms with Gasteiger partial charge in [-0.3, -0.25) is 0 Å². The second-order valence-corrected chi connectivity index (χ2v) is 5.35. The van der Waals surface area contributed by atoms with Crippen LogP contribution in [0, 0.1) is 11.7 Å². The van der Waals surface area contributed by atoms with Gasteiger partial charge in [0.05, 0.1) is 0 Å². The van der Waals surface area contributed by atoms with Gasteiger partial charge in [-0.05, 0) is 37.0 Å². The summed E-state index contributed by atoms with van der Waals surface area (Å²) >= 11 is 0. The van der Waals surface area contributed by atoms with Crippen LogP contribution in [0.25, 0.3) is 0 Å². The van der Waals surface area contributed by atoms with Crippen LogP contribution in [0.15, 0.2) is 24.3 Å². The van der Waals surface area contributed by atoms with E-state index in [2.05, 4.69) is 18.7 Å². The number of hydrogen-bond donors (Lipinski definition) is 1. The molecule has 0 aliphatic carbocycles. The van der Waals surface area contributed by atoms with Gasteiger partial charge in [0.15, 0.2) is 0 Å². The van der Waals surface area contributed by atoms with Crippen molar-refractivity contribution in [3.05, 3.63) is 30.1 Å². The highest BCUT2D eigenvalue weighted by Gasteiger charge is 2.33. The van der Waals surface area contributed by atoms with Gasteiger partial charge in [0.25, 0.3) is 0 Å². The summed E-state index contributed by atoms with van der Waals surface area (Å²) < 4.78 is 13.2. The van der Waals surface area contributed by atoms with Gasteiger partial charge < -0.3 is 10.6 Å². The molecule has 1 aliphatic rings. The summed E-state index contributed by atoms with van der Waals surface area (Å²) in [6.45, 7) is 6.19. The van der Waals surface area contributed by atoms with Gasteiger partial charge in [0, 0.05) is 24.3 Å². The maximum Gasteiger partial charge on any atom is 0.125 e. The average molecular weight is 236 g/mol. The molecule has 3 heteroatoms. The highest BCUT2D eigenvalue weighted by Crippen LogP contribution is 2.29. The molecule has 0 saturated carbocycles. The molecule has 1 aliphatic heterocycles. The zero-order valence-electron chi connectivity index (χ0n) is 10.6. The topological polar surface area (TPSA) is 29.3 Å². The van der Waals surface area contributed by atoms with Crippen LogP contribution in [0.5, 0.6) is 0 Å². The van der Waals surface area contributed by atoms with E-state index in [4.69, 9.17) is 5.73 Å². The van der Waals surface area contributed by atoms with Gasteiger partial charge in [-0.15, -0.1) is 0 Å². The molecule has 1 heterocycles. The summed E-state index contributed by atoms with van der Waals surface area (Å²) in [5.41, 5.74) is 7.29. The monoisotopic (exact) mass is 236 g/mol. The maximum atomic E-state index is 13.2. The predicted octanol–water partition coefficient (Wildman–Crippen LogP) is 2.78. The van der Waals surface area contributed by atoms with Gasteiger partial charge in [-0.1, -0.05) is 19.9 Å². The van der Waals surface area contributed by atoms with Crippen LogP contribution in [0.1, 0.15) is 26.7 Å². The third-order valence-electron chi connectivity index (χ3n) is 4.02. The second kappa shape index (κ2) is 4.65. The first kappa shape index (κ1) is 12.4. The summed E-state index contributed by atoms with van der Waals surface area (Å²) in [4.78, 5) is 2.22. The molecule has 1 saturated heterocycles. The minimum atomic E-state index is -0.170. The minimum absolute atomic E-state index is 0.0518. The molecule has 17 heavy (non-hydrogen) atoms. The van der Waals surface area contributed by atoms with E-state index in [-0.39, 0.29) is 11.4 Å². The predicted molar refractivity (Wildman–Crippen MR) is 69.6 cm³/mol. The quantitative estimate of drug-likeness (QED) is 0.855. The standard InChI is InChI=1S/C14H21FN2/c1-11(2)14(16)6-8-17(9-7-14)13-5-3-4-12(15)10-13/h3-5,10-11H,6-9,16H2,1-2H3. The summed E-state index contributed by atoms with van der Waals surface area (Å²) in [6.07, 6.45) is 1.95. The summed E-state index contributed by atoms with van der Waals surface area (Å²) in [6, 6.07) is 6.80. The fraction of sp³-hybridized carbons (Fsp3) is 0.571. The lowest BCUT2D eigenvalue weighted by Gasteiger charge is -2.42. The number of hydrogen-bond acceptors (Lipinski definition) is 2. The molecule has 0 atom stereocenters. The van der Waals surface area contributed by atoms with Gasteiger partial charge in [0.1, 0.15) is 5.82 Å². The molecule has 94 valence electrons. The second-order valence-electron chi connectivity index (χ2n) is 5.35. The fourth-order valence-electron chi connectivity index (χ4n) is 2.43. The normalized spacial score (nSPS) is 19.7. The molecule has 1 aromatic rings. The van der Waals surface area contributed by atoms with E-state index in [1.54, 1.807) is 12.1 Å².